The third-order valence-corrected chi connectivity index (χ3v) is 4.96. The van der Waals surface area contributed by atoms with E-state index in [2.05, 4.69) is 13.8 Å². The smallest absolute Gasteiger partial charge is 0.224 e. The van der Waals surface area contributed by atoms with Gasteiger partial charge in [0.1, 0.15) is 13.2 Å². The molecule has 0 spiro atoms. The number of carbonyl (C=O) groups is 2. The molecule has 0 N–H and O–H groups in total. The molecule has 1 saturated heterocycles. The van der Waals surface area contributed by atoms with Crippen molar-refractivity contribution in [3.05, 3.63) is 23.8 Å². The quantitative estimate of drug-likeness (QED) is 0.542. The van der Waals surface area contributed by atoms with Crippen LogP contribution < -0.4 is 9.47 Å². The summed E-state index contributed by atoms with van der Waals surface area (Å²) in [6.07, 6.45) is 1.81. The highest BCUT2D eigenvalue weighted by Gasteiger charge is 2.28. The molecule has 1 aromatic carbocycles. The first kappa shape index (κ1) is 19.7. The van der Waals surface area contributed by atoms with Gasteiger partial charge in [-0.25, -0.2) is 0 Å². The summed E-state index contributed by atoms with van der Waals surface area (Å²) in [5.41, 5.74) is 0.658. The fourth-order valence-corrected chi connectivity index (χ4v) is 3.46. The van der Waals surface area contributed by atoms with E-state index in [4.69, 9.17) is 14.2 Å². The number of Topliss-reactive ketones (excluding diaryl/α,β-unsaturated/α-hetero) is 1. The summed E-state index contributed by atoms with van der Waals surface area (Å²) >= 11 is 0. The molecule has 0 aromatic heterocycles. The van der Waals surface area contributed by atoms with Crippen LogP contribution in [0.1, 0.15) is 43.5 Å². The molecule has 1 aromatic rings. The molecule has 0 unspecified atom stereocenters. The van der Waals surface area contributed by atoms with Crippen molar-refractivity contribution in [3.63, 3.8) is 0 Å². The maximum Gasteiger partial charge on any atom is 0.224 e. The summed E-state index contributed by atoms with van der Waals surface area (Å²) in [6, 6.07) is 5.39. The normalized spacial score (nSPS) is 17.2. The summed E-state index contributed by atoms with van der Waals surface area (Å²) in [5, 5.41) is 0. The third kappa shape index (κ3) is 5.22. The van der Waals surface area contributed by atoms with E-state index in [1.807, 2.05) is 4.90 Å². The molecular weight excluding hydrogens is 346 g/mol. The van der Waals surface area contributed by atoms with Crippen molar-refractivity contribution in [1.82, 2.24) is 4.90 Å². The lowest BCUT2D eigenvalue weighted by Gasteiger charge is -2.31. The van der Waals surface area contributed by atoms with Crippen LogP contribution in [0.4, 0.5) is 0 Å². The molecule has 2 aliphatic rings. The van der Waals surface area contributed by atoms with E-state index in [0.29, 0.717) is 81.8 Å². The number of amides is 1. The van der Waals surface area contributed by atoms with Gasteiger partial charge >= 0.3 is 0 Å². The Labute approximate surface area is 160 Å². The van der Waals surface area contributed by atoms with Crippen LogP contribution in [0.5, 0.6) is 11.5 Å². The summed E-state index contributed by atoms with van der Waals surface area (Å²) in [6.45, 7) is 7.62. The van der Waals surface area contributed by atoms with E-state index in [-0.39, 0.29) is 17.6 Å². The molecule has 148 valence electrons. The van der Waals surface area contributed by atoms with Crippen molar-refractivity contribution in [3.8, 4) is 11.5 Å². The predicted molar refractivity (Wildman–Crippen MR) is 101 cm³/mol. The maximum absolute atomic E-state index is 12.8. The molecule has 0 radical (unpaired) electrons. The number of hydrogen-bond donors (Lipinski definition) is 0. The van der Waals surface area contributed by atoms with E-state index >= 15 is 0 Å². The first-order valence-electron chi connectivity index (χ1n) is 9.84. The second kappa shape index (κ2) is 9.22. The Morgan fingerprint density at radius 2 is 1.85 bits per heavy atom. The second-order valence-corrected chi connectivity index (χ2v) is 7.60. The first-order valence-corrected chi connectivity index (χ1v) is 9.84. The highest BCUT2D eigenvalue weighted by atomic mass is 16.6. The van der Waals surface area contributed by atoms with Gasteiger partial charge in [-0.05, 0) is 37.0 Å². The molecule has 0 atom stereocenters. The van der Waals surface area contributed by atoms with Gasteiger partial charge in [0.15, 0.2) is 17.3 Å². The van der Waals surface area contributed by atoms with Gasteiger partial charge in [0.25, 0.3) is 0 Å². The molecule has 6 heteroatoms. The van der Waals surface area contributed by atoms with Crippen molar-refractivity contribution in [2.45, 2.75) is 33.1 Å². The summed E-state index contributed by atoms with van der Waals surface area (Å²) in [4.78, 5) is 27.0. The number of ketones is 1. The van der Waals surface area contributed by atoms with Crippen molar-refractivity contribution >= 4 is 11.7 Å². The average molecular weight is 375 g/mol. The van der Waals surface area contributed by atoms with E-state index in [9.17, 15) is 9.59 Å². The number of piperidine rings is 1. The molecule has 1 amide bonds. The standard InChI is InChI=1S/C21H29NO5/c1-15(2)14-25-10-7-20(23)22-8-5-16(6-9-22)21(24)17-3-4-18-19(13-17)27-12-11-26-18/h3-4,13,15-16H,5-12,14H2,1-2H3. The lowest BCUT2D eigenvalue weighted by Crippen LogP contribution is -2.40. The molecule has 2 heterocycles. The third-order valence-electron chi connectivity index (χ3n) is 4.96. The SMILES string of the molecule is CC(C)COCCC(=O)N1CCC(C(=O)c2ccc3c(c2)OCCO3)CC1. The lowest BCUT2D eigenvalue weighted by molar-refractivity contribution is -0.133. The zero-order chi connectivity index (χ0) is 19.2. The zero-order valence-electron chi connectivity index (χ0n) is 16.2. The lowest BCUT2D eigenvalue weighted by atomic mass is 9.88. The number of carbonyl (C=O) groups excluding carboxylic acids is 2. The van der Waals surface area contributed by atoms with Crippen LogP contribution in [0.25, 0.3) is 0 Å². The molecule has 6 nitrogen and oxygen atoms in total. The number of fused-ring (bicyclic) bond motifs is 1. The van der Waals surface area contributed by atoms with Gasteiger partial charge in [-0.2, -0.15) is 0 Å². The molecule has 0 aliphatic carbocycles. The van der Waals surface area contributed by atoms with Gasteiger partial charge in [-0.1, -0.05) is 13.8 Å². The number of likely N-dealkylation sites (tertiary alicyclic amines) is 1. The Kier molecular flexibility index (Phi) is 6.72. The van der Waals surface area contributed by atoms with E-state index in [1.54, 1.807) is 18.2 Å². The largest absolute Gasteiger partial charge is 0.486 e. The predicted octanol–water partition coefficient (Wildman–Crippen LogP) is 2.94. The van der Waals surface area contributed by atoms with Gasteiger partial charge in [-0.3, -0.25) is 9.59 Å². The molecule has 1 fully saturated rings. The molecule has 27 heavy (non-hydrogen) atoms. The zero-order valence-corrected chi connectivity index (χ0v) is 16.2. The number of ether oxygens (including phenoxy) is 3. The van der Waals surface area contributed by atoms with Crippen molar-refractivity contribution < 1.29 is 23.8 Å². The molecule has 0 bridgehead atoms. The van der Waals surface area contributed by atoms with Crippen molar-refractivity contribution in [2.24, 2.45) is 11.8 Å². The van der Waals surface area contributed by atoms with Crippen LogP contribution in [0.2, 0.25) is 0 Å². The van der Waals surface area contributed by atoms with Crippen LogP contribution in [-0.2, 0) is 9.53 Å². The Hall–Kier alpha value is -2.08. The van der Waals surface area contributed by atoms with E-state index in [0.717, 1.165) is 0 Å². The number of benzene rings is 1. The van der Waals surface area contributed by atoms with E-state index in [1.165, 1.54) is 0 Å². The minimum atomic E-state index is -0.0474. The number of hydrogen-bond acceptors (Lipinski definition) is 5. The van der Waals surface area contributed by atoms with Gasteiger partial charge in [0, 0.05) is 31.2 Å². The van der Waals surface area contributed by atoms with Crippen molar-refractivity contribution in [1.29, 1.82) is 0 Å². The topological polar surface area (TPSA) is 65.1 Å². The van der Waals surface area contributed by atoms with Crippen LogP contribution in [0.15, 0.2) is 18.2 Å². The molecule has 0 saturated carbocycles. The minimum absolute atomic E-state index is 0.0474. The Morgan fingerprint density at radius 1 is 1.15 bits per heavy atom. The second-order valence-electron chi connectivity index (χ2n) is 7.60. The van der Waals surface area contributed by atoms with E-state index < -0.39 is 0 Å². The van der Waals surface area contributed by atoms with Gasteiger partial charge < -0.3 is 19.1 Å². The van der Waals surface area contributed by atoms with Crippen LogP contribution in [0.3, 0.4) is 0 Å². The molecule has 2 aliphatic heterocycles. The summed E-state index contributed by atoms with van der Waals surface area (Å²) < 4.78 is 16.6. The maximum atomic E-state index is 12.8. The fraction of sp³-hybridized carbons (Fsp3) is 0.619. The Morgan fingerprint density at radius 3 is 2.56 bits per heavy atom. The number of nitrogens with zero attached hydrogens (tertiary/aromatic N) is 1. The van der Waals surface area contributed by atoms with Crippen LogP contribution in [-0.4, -0.2) is 56.1 Å². The number of rotatable bonds is 7. The fourth-order valence-electron chi connectivity index (χ4n) is 3.46. The average Bonchev–Trinajstić information content (AvgIpc) is 2.70. The van der Waals surface area contributed by atoms with Crippen LogP contribution in [0, 0.1) is 11.8 Å². The highest BCUT2D eigenvalue weighted by molar-refractivity contribution is 5.98. The van der Waals surface area contributed by atoms with Crippen LogP contribution >= 0.6 is 0 Å². The first-order chi connectivity index (χ1) is 13.0. The molecule has 3 rings (SSSR count). The van der Waals surface area contributed by atoms with Gasteiger partial charge in [0.2, 0.25) is 5.91 Å². The molecular formula is C21H29NO5. The monoisotopic (exact) mass is 375 g/mol. The summed E-state index contributed by atoms with van der Waals surface area (Å²) in [5.74, 6) is 2.00. The van der Waals surface area contributed by atoms with Gasteiger partial charge in [-0.15, -0.1) is 0 Å². The minimum Gasteiger partial charge on any atom is -0.486 e. The Balaban J connectivity index is 1.47. The van der Waals surface area contributed by atoms with Gasteiger partial charge in [0.05, 0.1) is 13.0 Å². The van der Waals surface area contributed by atoms with Crippen molar-refractivity contribution in [2.75, 3.05) is 39.5 Å². The Bertz CT molecular complexity index is 665. The summed E-state index contributed by atoms with van der Waals surface area (Å²) in [7, 11) is 0. The highest BCUT2D eigenvalue weighted by Crippen LogP contribution is 2.32.